The van der Waals surface area contributed by atoms with Gasteiger partial charge in [0.2, 0.25) is 0 Å². The lowest BCUT2D eigenvalue weighted by Gasteiger charge is -2.23. The van der Waals surface area contributed by atoms with E-state index in [1.54, 1.807) is 12.2 Å². The monoisotopic (exact) mass is 388 g/mol. The third-order valence-electron chi connectivity index (χ3n) is 5.30. The van der Waals surface area contributed by atoms with E-state index in [-0.39, 0.29) is 24.0 Å². The summed E-state index contributed by atoms with van der Waals surface area (Å²) in [4.78, 5) is 22.6. The first-order chi connectivity index (χ1) is 13.4. The second kappa shape index (κ2) is 13.3. The minimum atomic E-state index is -0.879. The Hall–Kier alpha value is -1.94. The summed E-state index contributed by atoms with van der Waals surface area (Å²) in [6, 6.07) is 0. The molecule has 156 valence electrons. The highest BCUT2D eigenvalue weighted by Gasteiger charge is 2.27. The van der Waals surface area contributed by atoms with Crippen LogP contribution in [0.5, 0.6) is 0 Å². The number of hydrogen-bond donors (Lipinski definition) is 2. The summed E-state index contributed by atoms with van der Waals surface area (Å²) in [5.74, 6) is -0.708. The van der Waals surface area contributed by atoms with E-state index in [0.29, 0.717) is 32.1 Å². The normalized spacial score (nSPS) is 21.6. The number of aliphatic carboxylic acids is 1. The van der Waals surface area contributed by atoms with E-state index in [1.165, 1.54) is 12.8 Å². The lowest BCUT2D eigenvalue weighted by atomic mass is 9.88. The molecule has 1 rings (SSSR count). The van der Waals surface area contributed by atoms with Gasteiger partial charge in [0, 0.05) is 18.3 Å². The summed E-state index contributed by atoms with van der Waals surface area (Å²) in [7, 11) is 0. The van der Waals surface area contributed by atoms with Crippen LogP contribution in [0.25, 0.3) is 0 Å². The molecule has 0 fully saturated rings. The zero-order valence-corrected chi connectivity index (χ0v) is 17.2. The second-order valence-electron chi connectivity index (χ2n) is 7.69. The van der Waals surface area contributed by atoms with E-state index >= 15 is 0 Å². The highest BCUT2D eigenvalue weighted by atomic mass is 16.4. The number of carbonyl (C=O) groups excluding carboxylic acids is 1. The molecule has 0 saturated heterocycles. The molecule has 4 nitrogen and oxygen atoms in total. The number of rotatable bonds is 15. The summed E-state index contributed by atoms with van der Waals surface area (Å²) >= 11 is 0. The molecule has 0 heterocycles. The van der Waals surface area contributed by atoms with E-state index < -0.39 is 11.6 Å². The summed E-state index contributed by atoms with van der Waals surface area (Å²) in [6.07, 6.45) is 21.0. The molecule has 1 unspecified atom stereocenters. The van der Waals surface area contributed by atoms with E-state index in [0.717, 1.165) is 12.8 Å². The van der Waals surface area contributed by atoms with Crippen molar-refractivity contribution in [3.05, 3.63) is 49.1 Å². The second-order valence-corrected chi connectivity index (χ2v) is 7.69. The quantitative estimate of drug-likeness (QED) is 0.291. The molecular weight excluding hydrogens is 352 g/mol. The summed E-state index contributed by atoms with van der Waals surface area (Å²) in [6.45, 7) is 5.95. The Balaban J connectivity index is 2.47. The Bertz CT molecular complexity index is 587. The number of carbonyl (C=O) groups is 2. The number of hydrogen-bond acceptors (Lipinski definition) is 3. The molecule has 0 aromatic heterocycles. The highest BCUT2D eigenvalue weighted by molar-refractivity contribution is 5.95. The van der Waals surface area contributed by atoms with E-state index in [9.17, 15) is 14.7 Å². The molecule has 0 aromatic rings. The van der Waals surface area contributed by atoms with Crippen molar-refractivity contribution in [2.45, 2.75) is 76.7 Å². The van der Waals surface area contributed by atoms with Crippen LogP contribution in [0, 0.1) is 11.8 Å². The predicted octanol–water partition coefficient (Wildman–Crippen LogP) is 5.39. The smallest absolute Gasteiger partial charge is 0.303 e. The van der Waals surface area contributed by atoms with Gasteiger partial charge in [0.1, 0.15) is 0 Å². The molecule has 0 aromatic carbocycles. The lowest BCUT2D eigenvalue weighted by molar-refractivity contribution is -0.137. The van der Waals surface area contributed by atoms with Crippen LogP contribution in [0.2, 0.25) is 0 Å². The zero-order valence-electron chi connectivity index (χ0n) is 17.2. The van der Waals surface area contributed by atoms with Crippen LogP contribution >= 0.6 is 0 Å². The Morgan fingerprint density at radius 3 is 2.68 bits per heavy atom. The number of unbranched alkanes of at least 4 members (excludes halogenated alkanes) is 4. The van der Waals surface area contributed by atoms with Gasteiger partial charge in [-0.15, -0.1) is 6.58 Å². The van der Waals surface area contributed by atoms with E-state index in [2.05, 4.69) is 13.5 Å². The van der Waals surface area contributed by atoms with Crippen molar-refractivity contribution in [2.24, 2.45) is 11.8 Å². The minimum absolute atomic E-state index is 0.0466. The number of carboxylic acids is 1. The largest absolute Gasteiger partial charge is 0.481 e. The van der Waals surface area contributed by atoms with Crippen molar-refractivity contribution in [1.82, 2.24) is 0 Å². The Morgan fingerprint density at radius 2 is 2.00 bits per heavy atom. The summed E-state index contributed by atoms with van der Waals surface area (Å²) in [5, 5.41) is 19.3. The fraction of sp³-hybridized carbons (Fsp3) is 0.583. The number of carboxylic acid groups (broad SMARTS) is 1. The average Bonchev–Trinajstić information content (AvgIpc) is 3.01. The van der Waals surface area contributed by atoms with Crippen molar-refractivity contribution in [2.75, 3.05) is 0 Å². The van der Waals surface area contributed by atoms with Crippen LogP contribution in [0.3, 0.4) is 0 Å². The van der Waals surface area contributed by atoms with Crippen LogP contribution < -0.4 is 0 Å². The number of aliphatic hydroxyl groups is 1. The third-order valence-corrected chi connectivity index (χ3v) is 5.30. The van der Waals surface area contributed by atoms with Gasteiger partial charge in [0.15, 0.2) is 5.78 Å². The van der Waals surface area contributed by atoms with Gasteiger partial charge in [-0.05, 0) is 38.2 Å². The fourth-order valence-electron chi connectivity index (χ4n) is 3.43. The molecule has 2 N–H and O–H groups in total. The van der Waals surface area contributed by atoms with Gasteiger partial charge < -0.3 is 10.2 Å². The summed E-state index contributed by atoms with van der Waals surface area (Å²) in [5.41, 5.74) is -0.879. The topological polar surface area (TPSA) is 74.6 Å². The van der Waals surface area contributed by atoms with Gasteiger partial charge in [-0.1, -0.05) is 69.1 Å². The molecular formula is C24H36O4. The Labute approximate surface area is 169 Å². The van der Waals surface area contributed by atoms with E-state index in [1.807, 2.05) is 30.4 Å². The standard InChI is InChI=1S/C24H36O4/c1-3-5-6-11-18-24(28,4-2)19-12-13-20-16-17-22(25)21(20)14-9-7-8-10-15-23(26)27/h4,7,9,12-13,16-17,20-21,28H,2-3,5-6,8,10-11,14-15,18-19H2,1H3,(H,26,27)/t20-,21+,24?/m0/s1. The van der Waals surface area contributed by atoms with Crippen molar-refractivity contribution in [3.8, 4) is 0 Å². The van der Waals surface area contributed by atoms with Crippen LogP contribution in [-0.4, -0.2) is 27.6 Å². The zero-order chi connectivity index (χ0) is 20.8. The molecule has 0 saturated carbocycles. The van der Waals surface area contributed by atoms with Crippen LogP contribution in [0.15, 0.2) is 49.1 Å². The molecule has 0 radical (unpaired) electrons. The Morgan fingerprint density at radius 1 is 1.21 bits per heavy atom. The average molecular weight is 389 g/mol. The first-order valence-electron chi connectivity index (χ1n) is 10.5. The van der Waals surface area contributed by atoms with Crippen LogP contribution in [0.1, 0.15) is 71.1 Å². The third kappa shape index (κ3) is 9.32. The maximum atomic E-state index is 12.1. The predicted molar refractivity (Wildman–Crippen MR) is 114 cm³/mol. The molecule has 1 aliphatic rings. The summed E-state index contributed by atoms with van der Waals surface area (Å²) < 4.78 is 0. The van der Waals surface area contributed by atoms with Crippen molar-refractivity contribution in [1.29, 1.82) is 0 Å². The van der Waals surface area contributed by atoms with Crippen LogP contribution in [0.4, 0.5) is 0 Å². The maximum Gasteiger partial charge on any atom is 0.303 e. The van der Waals surface area contributed by atoms with Gasteiger partial charge in [-0.3, -0.25) is 9.59 Å². The molecule has 0 amide bonds. The molecule has 0 aliphatic heterocycles. The maximum absolute atomic E-state index is 12.1. The first-order valence-corrected chi connectivity index (χ1v) is 10.5. The molecule has 0 bridgehead atoms. The lowest BCUT2D eigenvalue weighted by Crippen LogP contribution is -2.24. The minimum Gasteiger partial charge on any atom is -0.481 e. The fourth-order valence-corrected chi connectivity index (χ4v) is 3.43. The number of ketones is 1. The molecule has 1 aliphatic carbocycles. The SMILES string of the molecule is C=CC(O)(CC=C[C@H]1C=CC(=O)[C@@H]1CC=CCCCC(=O)O)CCCCCC. The van der Waals surface area contributed by atoms with Gasteiger partial charge in [-0.25, -0.2) is 0 Å². The van der Waals surface area contributed by atoms with Gasteiger partial charge >= 0.3 is 5.97 Å². The van der Waals surface area contributed by atoms with Gasteiger partial charge in [0.25, 0.3) is 0 Å². The molecule has 4 heteroatoms. The van der Waals surface area contributed by atoms with Crippen molar-refractivity contribution < 1.29 is 19.8 Å². The van der Waals surface area contributed by atoms with E-state index in [4.69, 9.17) is 5.11 Å². The van der Waals surface area contributed by atoms with Crippen LogP contribution in [-0.2, 0) is 9.59 Å². The number of allylic oxidation sites excluding steroid dienone is 5. The highest BCUT2D eigenvalue weighted by Crippen LogP contribution is 2.28. The Kier molecular flexibility index (Phi) is 11.4. The molecule has 28 heavy (non-hydrogen) atoms. The molecule has 3 atom stereocenters. The van der Waals surface area contributed by atoms with Gasteiger partial charge in [0.05, 0.1) is 5.60 Å². The molecule has 0 spiro atoms. The van der Waals surface area contributed by atoms with Crippen molar-refractivity contribution in [3.63, 3.8) is 0 Å². The van der Waals surface area contributed by atoms with Crippen molar-refractivity contribution >= 4 is 11.8 Å². The van der Waals surface area contributed by atoms with Gasteiger partial charge in [-0.2, -0.15) is 0 Å². The first kappa shape index (κ1) is 24.1.